The van der Waals surface area contributed by atoms with Gasteiger partial charge in [-0.15, -0.1) is 0 Å². The van der Waals surface area contributed by atoms with Crippen LogP contribution in [0.5, 0.6) is 0 Å². The Morgan fingerprint density at radius 3 is 2.90 bits per heavy atom. The topological polar surface area (TPSA) is 59.0 Å². The maximum atomic E-state index is 13.6. The first kappa shape index (κ1) is 15.0. The van der Waals surface area contributed by atoms with Crippen molar-refractivity contribution in [3.63, 3.8) is 0 Å². The number of rotatable bonds is 6. The largest absolute Gasteiger partial charge is 0.379 e. The fourth-order valence-electron chi connectivity index (χ4n) is 2.04. The van der Waals surface area contributed by atoms with Crippen molar-refractivity contribution in [3.05, 3.63) is 42.0 Å². The van der Waals surface area contributed by atoms with Crippen LogP contribution in [0.2, 0.25) is 0 Å². The third-order valence-corrected chi connectivity index (χ3v) is 2.99. The molecule has 2 aromatic rings. The molecular formula is C15H19FN4O. The number of halogens is 1. The maximum Gasteiger partial charge on any atom is 0.221 e. The second-order valence-electron chi connectivity index (χ2n) is 4.78. The maximum absolute atomic E-state index is 13.6. The van der Waals surface area contributed by atoms with E-state index in [1.54, 1.807) is 18.3 Å². The Bertz CT molecular complexity index is 624. The van der Waals surface area contributed by atoms with Crippen molar-refractivity contribution in [1.29, 1.82) is 0 Å². The van der Waals surface area contributed by atoms with E-state index in [1.165, 1.54) is 13.0 Å². The molecule has 0 aliphatic carbocycles. The summed E-state index contributed by atoms with van der Waals surface area (Å²) in [6.07, 6.45) is 2.78. The van der Waals surface area contributed by atoms with Gasteiger partial charge in [0.15, 0.2) is 0 Å². The highest BCUT2D eigenvalue weighted by Crippen LogP contribution is 2.20. The Morgan fingerprint density at radius 2 is 2.19 bits per heavy atom. The van der Waals surface area contributed by atoms with Crippen LogP contribution in [0.1, 0.15) is 26.0 Å². The number of carbonyl (C=O) groups excluding carboxylic acids is 1. The Hall–Kier alpha value is -2.37. The molecule has 0 saturated carbocycles. The van der Waals surface area contributed by atoms with E-state index in [-0.39, 0.29) is 11.6 Å². The van der Waals surface area contributed by atoms with Crippen LogP contribution in [0.4, 0.5) is 15.8 Å². The summed E-state index contributed by atoms with van der Waals surface area (Å²) < 4.78 is 15.5. The third kappa shape index (κ3) is 4.05. The summed E-state index contributed by atoms with van der Waals surface area (Å²) in [5, 5.41) is 9.92. The number of benzene rings is 1. The van der Waals surface area contributed by atoms with Gasteiger partial charge in [0, 0.05) is 25.4 Å². The average Bonchev–Trinajstić information content (AvgIpc) is 2.87. The number of aryl methyl sites for hydroxylation is 1. The molecule has 0 bridgehead atoms. The second kappa shape index (κ2) is 6.88. The van der Waals surface area contributed by atoms with Crippen molar-refractivity contribution < 1.29 is 9.18 Å². The third-order valence-electron chi connectivity index (χ3n) is 2.99. The van der Waals surface area contributed by atoms with E-state index in [4.69, 9.17) is 0 Å². The highest BCUT2D eigenvalue weighted by Gasteiger charge is 2.06. The zero-order valence-electron chi connectivity index (χ0n) is 12.2. The molecule has 112 valence electrons. The van der Waals surface area contributed by atoms with Crippen LogP contribution in [0.25, 0.3) is 0 Å². The van der Waals surface area contributed by atoms with Gasteiger partial charge in [-0.1, -0.05) is 6.92 Å². The minimum atomic E-state index is -0.452. The second-order valence-corrected chi connectivity index (χ2v) is 4.78. The SMILES string of the molecule is CCCn1nccc1CNc1ccc(F)c(NC(C)=O)c1. The number of hydrogen-bond donors (Lipinski definition) is 2. The summed E-state index contributed by atoms with van der Waals surface area (Å²) in [6.45, 7) is 4.90. The summed E-state index contributed by atoms with van der Waals surface area (Å²) in [4.78, 5) is 11.0. The van der Waals surface area contributed by atoms with Crippen LogP contribution in [-0.2, 0) is 17.9 Å². The molecule has 2 rings (SSSR count). The fraction of sp³-hybridized carbons (Fsp3) is 0.333. The Kier molecular flexibility index (Phi) is 4.92. The average molecular weight is 290 g/mol. The number of aromatic nitrogens is 2. The van der Waals surface area contributed by atoms with Gasteiger partial charge >= 0.3 is 0 Å². The quantitative estimate of drug-likeness (QED) is 0.859. The number of anilines is 2. The van der Waals surface area contributed by atoms with Crippen molar-refractivity contribution in [2.45, 2.75) is 33.4 Å². The molecule has 6 heteroatoms. The van der Waals surface area contributed by atoms with Crippen LogP contribution in [0.3, 0.4) is 0 Å². The smallest absolute Gasteiger partial charge is 0.221 e. The fourth-order valence-corrected chi connectivity index (χ4v) is 2.04. The molecule has 0 spiro atoms. The number of amides is 1. The number of nitrogens with one attached hydrogen (secondary N) is 2. The predicted molar refractivity (Wildman–Crippen MR) is 80.5 cm³/mol. The molecule has 0 atom stereocenters. The predicted octanol–water partition coefficient (Wildman–Crippen LogP) is 3.00. The molecule has 0 aliphatic rings. The first-order valence-electron chi connectivity index (χ1n) is 6.92. The highest BCUT2D eigenvalue weighted by atomic mass is 19.1. The van der Waals surface area contributed by atoms with Crippen LogP contribution in [0, 0.1) is 5.82 Å². The minimum absolute atomic E-state index is 0.176. The molecule has 1 aromatic carbocycles. The molecule has 1 heterocycles. The Balaban J connectivity index is 2.06. The van der Waals surface area contributed by atoms with Crippen LogP contribution < -0.4 is 10.6 Å². The summed E-state index contributed by atoms with van der Waals surface area (Å²) in [5.41, 5.74) is 1.97. The van der Waals surface area contributed by atoms with Crippen molar-refractivity contribution in [2.24, 2.45) is 0 Å². The van der Waals surface area contributed by atoms with E-state index in [9.17, 15) is 9.18 Å². The molecule has 21 heavy (non-hydrogen) atoms. The number of hydrogen-bond acceptors (Lipinski definition) is 3. The van der Waals surface area contributed by atoms with Crippen molar-refractivity contribution >= 4 is 17.3 Å². The Labute approximate surface area is 123 Å². The molecule has 1 amide bonds. The number of nitrogens with zero attached hydrogens (tertiary/aromatic N) is 2. The first-order chi connectivity index (χ1) is 10.1. The first-order valence-corrected chi connectivity index (χ1v) is 6.92. The van der Waals surface area contributed by atoms with Gasteiger partial charge < -0.3 is 10.6 Å². The molecule has 0 aliphatic heterocycles. The van der Waals surface area contributed by atoms with E-state index in [0.717, 1.165) is 24.3 Å². The molecule has 0 radical (unpaired) electrons. The molecule has 1 aromatic heterocycles. The molecular weight excluding hydrogens is 271 g/mol. The van der Waals surface area contributed by atoms with E-state index in [0.29, 0.717) is 6.54 Å². The van der Waals surface area contributed by atoms with Crippen molar-refractivity contribution in [1.82, 2.24) is 9.78 Å². The molecule has 0 fully saturated rings. The van der Waals surface area contributed by atoms with Gasteiger partial charge in [-0.3, -0.25) is 9.48 Å². The lowest BCUT2D eigenvalue weighted by Gasteiger charge is -2.11. The van der Waals surface area contributed by atoms with E-state index in [2.05, 4.69) is 22.7 Å². The summed E-state index contributed by atoms with van der Waals surface area (Å²) in [5.74, 6) is -0.751. The monoisotopic (exact) mass is 290 g/mol. The van der Waals surface area contributed by atoms with Gasteiger partial charge in [0.2, 0.25) is 5.91 Å². The normalized spacial score (nSPS) is 10.4. The lowest BCUT2D eigenvalue weighted by atomic mass is 10.2. The van der Waals surface area contributed by atoms with Gasteiger partial charge in [-0.25, -0.2) is 4.39 Å². The standard InChI is InChI=1S/C15H19FN4O/c1-3-8-20-13(6-7-18-20)10-17-12-4-5-14(16)15(9-12)19-11(2)21/h4-7,9,17H,3,8,10H2,1-2H3,(H,19,21). The van der Waals surface area contributed by atoms with Crippen LogP contribution in [0.15, 0.2) is 30.5 Å². The lowest BCUT2D eigenvalue weighted by molar-refractivity contribution is -0.114. The van der Waals surface area contributed by atoms with Gasteiger partial charge in [0.1, 0.15) is 5.82 Å². The molecule has 0 saturated heterocycles. The van der Waals surface area contributed by atoms with Crippen LogP contribution in [-0.4, -0.2) is 15.7 Å². The molecule has 2 N–H and O–H groups in total. The highest BCUT2D eigenvalue weighted by molar-refractivity contribution is 5.89. The van der Waals surface area contributed by atoms with Gasteiger partial charge in [0.25, 0.3) is 0 Å². The van der Waals surface area contributed by atoms with Crippen molar-refractivity contribution in [2.75, 3.05) is 10.6 Å². The van der Waals surface area contributed by atoms with Gasteiger partial charge in [-0.2, -0.15) is 5.10 Å². The van der Waals surface area contributed by atoms with E-state index >= 15 is 0 Å². The molecule has 5 nitrogen and oxygen atoms in total. The molecule has 0 unspecified atom stereocenters. The van der Waals surface area contributed by atoms with E-state index in [1.807, 2.05) is 10.7 Å². The van der Waals surface area contributed by atoms with Crippen LogP contribution >= 0.6 is 0 Å². The van der Waals surface area contributed by atoms with Gasteiger partial charge in [-0.05, 0) is 30.7 Å². The summed E-state index contributed by atoms with van der Waals surface area (Å²) in [7, 11) is 0. The minimum Gasteiger partial charge on any atom is -0.379 e. The summed E-state index contributed by atoms with van der Waals surface area (Å²) in [6, 6.07) is 6.50. The van der Waals surface area contributed by atoms with Crippen molar-refractivity contribution in [3.8, 4) is 0 Å². The van der Waals surface area contributed by atoms with Gasteiger partial charge in [0.05, 0.1) is 17.9 Å². The Morgan fingerprint density at radius 1 is 1.38 bits per heavy atom. The summed E-state index contributed by atoms with van der Waals surface area (Å²) >= 11 is 0. The van der Waals surface area contributed by atoms with E-state index < -0.39 is 5.82 Å². The zero-order valence-corrected chi connectivity index (χ0v) is 12.2. The zero-order chi connectivity index (χ0) is 15.2. The number of carbonyl (C=O) groups is 1. The lowest BCUT2D eigenvalue weighted by Crippen LogP contribution is -2.10.